The Morgan fingerprint density at radius 3 is 2.88 bits per heavy atom. The zero-order valence-corrected chi connectivity index (χ0v) is 15.1. The Bertz CT molecular complexity index is 616. The zero-order chi connectivity index (χ0) is 17.4. The Kier molecular flexibility index (Phi) is 4.56. The number of nitrogens with one attached hydrogen (secondary N) is 1. The number of likely N-dealkylation sites (tertiary alicyclic amines) is 1. The number of fused-ring (bicyclic) bond motifs is 2. The van der Waals surface area contributed by atoms with Crippen molar-refractivity contribution in [1.82, 2.24) is 19.8 Å². The van der Waals surface area contributed by atoms with E-state index in [1.807, 2.05) is 26.2 Å². The number of piperidine rings is 1. The van der Waals surface area contributed by atoms with Gasteiger partial charge in [-0.05, 0) is 33.1 Å². The van der Waals surface area contributed by atoms with E-state index in [9.17, 15) is 4.79 Å². The largest absolute Gasteiger partial charge is 0.380 e. The first-order valence-corrected chi connectivity index (χ1v) is 9.39. The van der Waals surface area contributed by atoms with Crippen LogP contribution in [0, 0.1) is 0 Å². The van der Waals surface area contributed by atoms with Gasteiger partial charge in [-0.3, -0.25) is 9.69 Å². The smallest absolute Gasteiger partial charge is 0.251 e. The van der Waals surface area contributed by atoms with Crippen LogP contribution < -0.4 is 5.32 Å². The van der Waals surface area contributed by atoms with Crippen molar-refractivity contribution in [2.45, 2.75) is 63.4 Å². The van der Waals surface area contributed by atoms with Crippen molar-refractivity contribution < 1.29 is 14.3 Å². The second-order valence-corrected chi connectivity index (χ2v) is 7.72. The topological polar surface area (TPSA) is 68.6 Å². The van der Waals surface area contributed by atoms with Crippen molar-refractivity contribution in [2.24, 2.45) is 0 Å². The van der Waals surface area contributed by atoms with Gasteiger partial charge in [0.15, 0.2) is 6.10 Å². The van der Waals surface area contributed by atoms with Gasteiger partial charge in [-0.2, -0.15) is 0 Å². The van der Waals surface area contributed by atoms with Crippen LogP contribution in [0.4, 0.5) is 0 Å². The molecule has 7 nitrogen and oxygen atoms in total. The molecule has 1 N–H and O–H groups in total. The normalized spacial score (nSPS) is 29.1. The highest BCUT2D eigenvalue weighted by Crippen LogP contribution is 2.40. The van der Waals surface area contributed by atoms with E-state index in [4.69, 9.17) is 9.47 Å². The fourth-order valence-corrected chi connectivity index (χ4v) is 4.31. The van der Waals surface area contributed by atoms with Crippen LogP contribution in [-0.2, 0) is 26.4 Å². The van der Waals surface area contributed by atoms with Gasteiger partial charge in [-0.25, -0.2) is 4.98 Å². The molecule has 25 heavy (non-hydrogen) atoms. The number of carbonyl (C=O) groups excluding carboxylic acids is 1. The van der Waals surface area contributed by atoms with Crippen LogP contribution in [0.15, 0.2) is 12.4 Å². The molecule has 0 unspecified atom stereocenters. The SMILES string of the molecule is CC(C)NC(=O)[C@@H]1Cn2ccnc2C2(CCN([C@H]3CCOC3)CC2)O1. The molecule has 1 spiro atoms. The molecule has 2 saturated heterocycles. The third-order valence-electron chi connectivity index (χ3n) is 5.60. The van der Waals surface area contributed by atoms with Crippen LogP contribution in [0.25, 0.3) is 0 Å². The predicted octanol–water partition coefficient (Wildman–Crippen LogP) is 0.887. The van der Waals surface area contributed by atoms with Crippen LogP contribution >= 0.6 is 0 Å². The number of hydrogen-bond donors (Lipinski definition) is 1. The van der Waals surface area contributed by atoms with Gasteiger partial charge in [0.1, 0.15) is 11.4 Å². The van der Waals surface area contributed by atoms with Gasteiger partial charge in [-0.15, -0.1) is 0 Å². The number of nitrogens with zero attached hydrogens (tertiary/aromatic N) is 3. The van der Waals surface area contributed by atoms with Gasteiger partial charge in [0.05, 0.1) is 13.2 Å². The molecule has 2 fully saturated rings. The maximum Gasteiger partial charge on any atom is 0.251 e. The summed E-state index contributed by atoms with van der Waals surface area (Å²) in [5.74, 6) is 0.948. The van der Waals surface area contributed by atoms with Gasteiger partial charge in [0, 0.05) is 44.2 Å². The molecule has 3 aliphatic rings. The van der Waals surface area contributed by atoms with Crippen molar-refractivity contribution in [1.29, 1.82) is 0 Å². The maximum absolute atomic E-state index is 12.5. The molecule has 0 aromatic carbocycles. The van der Waals surface area contributed by atoms with Crippen LogP contribution in [0.1, 0.15) is 38.9 Å². The number of amides is 1. The molecule has 0 saturated carbocycles. The van der Waals surface area contributed by atoms with E-state index in [-0.39, 0.29) is 11.9 Å². The minimum atomic E-state index is -0.453. The molecule has 138 valence electrons. The van der Waals surface area contributed by atoms with E-state index in [2.05, 4.69) is 19.8 Å². The first kappa shape index (κ1) is 17.0. The van der Waals surface area contributed by atoms with Gasteiger partial charge in [0.25, 0.3) is 5.91 Å². The third kappa shape index (κ3) is 3.20. The number of imidazole rings is 1. The van der Waals surface area contributed by atoms with E-state index in [1.165, 1.54) is 0 Å². The molecular weight excluding hydrogens is 320 g/mol. The number of rotatable bonds is 3. The molecule has 0 bridgehead atoms. The fraction of sp³-hybridized carbons (Fsp3) is 0.778. The molecule has 1 amide bonds. The average molecular weight is 348 g/mol. The van der Waals surface area contributed by atoms with Crippen molar-refractivity contribution in [3.05, 3.63) is 18.2 Å². The van der Waals surface area contributed by atoms with Crippen LogP contribution in [0.3, 0.4) is 0 Å². The lowest BCUT2D eigenvalue weighted by Gasteiger charge is -2.46. The Morgan fingerprint density at radius 2 is 2.20 bits per heavy atom. The number of hydrogen-bond acceptors (Lipinski definition) is 5. The highest BCUT2D eigenvalue weighted by Gasteiger charge is 2.47. The number of carbonyl (C=O) groups is 1. The highest BCUT2D eigenvalue weighted by atomic mass is 16.5. The average Bonchev–Trinajstić information content (AvgIpc) is 3.26. The highest BCUT2D eigenvalue weighted by molar-refractivity contribution is 5.81. The first-order chi connectivity index (χ1) is 12.1. The van der Waals surface area contributed by atoms with Gasteiger partial charge < -0.3 is 19.4 Å². The van der Waals surface area contributed by atoms with E-state index in [1.54, 1.807) is 0 Å². The summed E-state index contributed by atoms with van der Waals surface area (Å²) in [5.41, 5.74) is -0.448. The molecule has 1 aromatic rings. The van der Waals surface area contributed by atoms with Crippen LogP contribution in [-0.4, -0.2) is 64.8 Å². The summed E-state index contributed by atoms with van der Waals surface area (Å²) in [6.45, 7) is 8.10. The summed E-state index contributed by atoms with van der Waals surface area (Å²) in [5, 5.41) is 2.99. The molecule has 0 radical (unpaired) electrons. The molecule has 0 aliphatic carbocycles. The van der Waals surface area contributed by atoms with Gasteiger partial charge in [-0.1, -0.05) is 0 Å². The third-order valence-corrected chi connectivity index (χ3v) is 5.60. The standard InChI is InChI=1S/C18H28N4O3/c1-13(2)20-16(23)15-11-22-9-6-19-17(22)18(25-15)4-7-21(8-5-18)14-3-10-24-12-14/h6,9,13-15H,3-5,7-8,10-12H2,1-2H3,(H,20,23)/t14-,15-/m0/s1. The zero-order valence-electron chi connectivity index (χ0n) is 15.1. The summed E-state index contributed by atoms with van der Waals surface area (Å²) in [4.78, 5) is 19.6. The summed E-state index contributed by atoms with van der Waals surface area (Å²) in [6, 6.07) is 0.640. The molecular formula is C18H28N4O3. The molecule has 2 atom stereocenters. The van der Waals surface area contributed by atoms with Crippen LogP contribution in [0.2, 0.25) is 0 Å². The van der Waals surface area contributed by atoms with Gasteiger partial charge >= 0.3 is 0 Å². The molecule has 1 aromatic heterocycles. The fourth-order valence-electron chi connectivity index (χ4n) is 4.31. The number of ether oxygens (including phenoxy) is 2. The summed E-state index contributed by atoms with van der Waals surface area (Å²) in [7, 11) is 0. The monoisotopic (exact) mass is 348 g/mol. The molecule has 7 heteroatoms. The quantitative estimate of drug-likeness (QED) is 0.878. The summed E-state index contributed by atoms with van der Waals surface area (Å²) < 4.78 is 14.1. The second-order valence-electron chi connectivity index (χ2n) is 7.72. The van der Waals surface area contributed by atoms with E-state index >= 15 is 0 Å². The lowest BCUT2D eigenvalue weighted by atomic mass is 9.87. The molecule has 4 rings (SSSR count). The lowest BCUT2D eigenvalue weighted by Crippen LogP contribution is -2.55. The predicted molar refractivity (Wildman–Crippen MR) is 92.1 cm³/mol. The maximum atomic E-state index is 12.5. The first-order valence-electron chi connectivity index (χ1n) is 9.39. The second kappa shape index (κ2) is 6.70. The minimum Gasteiger partial charge on any atom is -0.380 e. The molecule has 4 heterocycles. The van der Waals surface area contributed by atoms with Crippen molar-refractivity contribution >= 4 is 5.91 Å². The van der Waals surface area contributed by atoms with E-state index in [0.29, 0.717) is 12.6 Å². The van der Waals surface area contributed by atoms with Gasteiger partial charge in [0.2, 0.25) is 0 Å². The summed E-state index contributed by atoms with van der Waals surface area (Å²) in [6.07, 6.45) is 6.18. The van der Waals surface area contributed by atoms with E-state index < -0.39 is 11.7 Å². The molecule has 3 aliphatic heterocycles. The Labute approximate surface area is 148 Å². The number of aromatic nitrogens is 2. The lowest BCUT2D eigenvalue weighted by molar-refractivity contribution is -0.175. The van der Waals surface area contributed by atoms with Crippen molar-refractivity contribution in [3.8, 4) is 0 Å². The van der Waals surface area contributed by atoms with E-state index in [0.717, 1.165) is 51.4 Å². The summed E-state index contributed by atoms with van der Waals surface area (Å²) >= 11 is 0. The Morgan fingerprint density at radius 1 is 1.40 bits per heavy atom. The van der Waals surface area contributed by atoms with Crippen molar-refractivity contribution in [2.75, 3.05) is 26.3 Å². The van der Waals surface area contributed by atoms with Crippen molar-refractivity contribution in [3.63, 3.8) is 0 Å². The van der Waals surface area contributed by atoms with Crippen LogP contribution in [0.5, 0.6) is 0 Å². The Balaban J connectivity index is 1.51. The minimum absolute atomic E-state index is 0.0275. The Hall–Kier alpha value is -1.44.